The average Bonchev–Trinajstić information content (AvgIpc) is 3.21. The van der Waals surface area contributed by atoms with Gasteiger partial charge >= 0.3 is 0 Å². The molecule has 0 radical (unpaired) electrons. The molecule has 33 heavy (non-hydrogen) atoms. The Balaban J connectivity index is 1.36. The van der Waals surface area contributed by atoms with Crippen LogP contribution in [0.25, 0.3) is 21.5 Å². The number of nitrogen functional groups attached to an aromatic ring is 1. The zero-order chi connectivity index (χ0) is 23.1. The first-order valence-corrected chi connectivity index (χ1v) is 11.8. The van der Waals surface area contributed by atoms with Gasteiger partial charge in [-0.15, -0.1) is 11.3 Å². The van der Waals surface area contributed by atoms with Crippen LogP contribution < -0.4 is 21.3 Å². The number of nitrogens with two attached hydrogens (primary N) is 2. The summed E-state index contributed by atoms with van der Waals surface area (Å²) in [6.07, 6.45) is 4.85. The second-order valence-electron chi connectivity index (χ2n) is 8.38. The third kappa shape index (κ3) is 3.89. The Hall–Kier alpha value is -3.59. The van der Waals surface area contributed by atoms with Crippen molar-refractivity contribution in [1.82, 2.24) is 14.5 Å². The lowest BCUT2D eigenvalue weighted by Gasteiger charge is -2.25. The number of carbonyl (C=O) groups is 1. The minimum Gasteiger partial charge on any atom is -0.397 e. The summed E-state index contributed by atoms with van der Waals surface area (Å²) in [5.74, 6) is 0.494. The van der Waals surface area contributed by atoms with E-state index in [1.807, 2.05) is 24.6 Å². The van der Waals surface area contributed by atoms with Gasteiger partial charge in [-0.2, -0.15) is 0 Å². The van der Waals surface area contributed by atoms with Gasteiger partial charge in [0.15, 0.2) is 0 Å². The number of pyridine rings is 1. The van der Waals surface area contributed by atoms with Crippen molar-refractivity contribution in [3.63, 3.8) is 0 Å². The number of amides is 1. The second kappa shape index (κ2) is 8.40. The van der Waals surface area contributed by atoms with Crippen LogP contribution in [0.5, 0.6) is 0 Å². The van der Waals surface area contributed by atoms with E-state index in [4.69, 9.17) is 11.5 Å². The molecule has 9 heteroatoms. The van der Waals surface area contributed by atoms with Crippen LogP contribution in [0.1, 0.15) is 21.9 Å². The highest BCUT2D eigenvalue weighted by Crippen LogP contribution is 2.38. The minimum absolute atomic E-state index is 0.379. The number of aryl methyl sites for hydroxylation is 2. The molecule has 0 bridgehead atoms. The van der Waals surface area contributed by atoms with Gasteiger partial charge in [0.1, 0.15) is 15.5 Å². The molecule has 5 rings (SSSR count). The van der Waals surface area contributed by atoms with Crippen LogP contribution >= 0.6 is 11.3 Å². The van der Waals surface area contributed by atoms with Gasteiger partial charge in [0.2, 0.25) is 0 Å². The van der Waals surface area contributed by atoms with Crippen molar-refractivity contribution in [2.45, 2.75) is 13.3 Å². The Labute approximate surface area is 196 Å². The van der Waals surface area contributed by atoms with Crippen LogP contribution in [0.2, 0.25) is 0 Å². The number of aromatic nitrogens is 3. The van der Waals surface area contributed by atoms with Gasteiger partial charge < -0.3 is 25.8 Å². The maximum atomic E-state index is 11.8. The molecule has 4 aromatic rings. The topological polar surface area (TPSA) is 106 Å². The van der Waals surface area contributed by atoms with Gasteiger partial charge in [-0.3, -0.25) is 4.79 Å². The summed E-state index contributed by atoms with van der Waals surface area (Å²) in [5, 5.41) is 0.833. The summed E-state index contributed by atoms with van der Waals surface area (Å²) in [5.41, 5.74) is 16.6. The largest absolute Gasteiger partial charge is 0.397 e. The molecule has 170 valence electrons. The number of thiophene rings is 1. The van der Waals surface area contributed by atoms with Crippen molar-refractivity contribution in [2.75, 3.05) is 41.7 Å². The first kappa shape index (κ1) is 21.3. The number of carbonyl (C=O) groups excluding carboxylic acids is 1. The number of primary amides is 1. The first-order valence-electron chi connectivity index (χ1n) is 11.0. The highest BCUT2D eigenvalue weighted by molar-refractivity contribution is 7.21. The molecule has 8 nitrogen and oxygen atoms in total. The van der Waals surface area contributed by atoms with Crippen LogP contribution in [0.3, 0.4) is 0 Å². The average molecular weight is 462 g/mol. The van der Waals surface area contributed by atoms with Gasteiger partial charge in [0.25, 0.3) is 5.91 Å². The molecule has 1 amide bonds. The number of hydrogen-bond acceptors (Lipinski definition) is 7. The predicted molar refractivity (Wildman–Crippen MR) is 135 cm³/mol. The summed E-state index contributed by atoms with van der Waals surface area (Å²) < 4.78 is 2.04. The zero-order valence-corrected chi connectivity index (χ0v) is 19.6. The fourth-order valence-electron chi connectivity index (χ4n) is 4.43. The lowest BCUT2D eigenvalue weighted by atomic mass is 10.1. The third-order valence-corrected chi connectivity index (χ3v) is 7.43. The van der Waals surface area contributed by atoms with Crippen molar-refractivity contribution in [1.29, 1.82) is 0 Å². The predicted octanol–water partition coefficient (Wildman–Crippen LogP) is 3.40. The highest BCUT2D eigenvalue weighted by atomic mass is 32.1. The van der Waals surface area contributed by atoms with E-state index in [-0.39, 0.29) is 0 Å². The molecular weight excluding hydrogens is 434 g/mol. The van der Waals surface area contributed by atoms with Gasteiger partial charge in [-0.1, -0.05) is 12.1 Å². The van der Waals surface area contributed by atoms with E-state index < -0.39 is 5.91 Å². The molecule has 0 atom stereocenters. The molecule has 1 aliphatic rings. The number of hydrogen-bond donors (Lipinski definition) is 2. The van der Waals surface area contributed by atoms with Crippen LogP contribution in [0, 0.1) is 6.92 Å². The highest BCUT2D eigenvalue weighted by Gasteiger charge is 2.22. The molecular formula is C24H27N7OS. The third-order valence-electron chi connectivity index (χ3n) is 6.30. The minimum atomic E-state index is -0.507. The first-order chi connectivity index (χ1) is 15.9. The molecule has 4 N–H and O–H groups in total. The number of imidazole rings is 1. The van der Waals surface area contributed by atoms with Gasteiger partial charge in [0, 0.05) is 56.9 Å². The smallest absolute Gasteiger partial charge is 0.260 e. The number of nitrogens with zero attached hydrogens (tertiary/aromatic N) is 5. The molecule has 1 fully saturated rings. The Morgan fingerprint density at radius 2 is 1.79 bits per heavy atom. The van der Waals surface area contributed by atoms with Gasteiger partial charge in [0.05, 0.1) is 22.5 Å². The summed E-state index contributed by atoms with van der Waals surface area (Å²) in [6, 6.07) is 10.6. The molecule has 3 aromatic heterocycles. The monoisotopic (exact) mass is 461 g/mol. The second-order valence-corrected chi connectivity index (χ2v) is 9.38. The van der Waals surface area contributed by atoms with E-state index in [0.29, 0.717) is 10.6 Å². The van der Waals surface area contributed by atoms with E-state index in [0.717, 1.165) is 65.6 Å². The van der Waals surface area contributed by atoms with Crippen molar-refractivity contribution in [3.05, 3.63) is 53.4 Å². The fourth-order valence-corrected chi connectivity index (χ4v) is 5.37. The Morgan fingerprint density at radius 1 is 1.06 bits per heavy atom. The molecule has 1 aromatic carbocycles. The van der Waals surface area contributed by atoms with E-state index in [9.17, 15) is 4.79 Å². The lowest BCUT2D eigenvalue weighted by molar-refractivity contribution is 0.100. The van der Waals surface area contributed by atoms with Crippen molar-refractivity contribution >= 4 is 44.5 Å². The SMILES string of the molecule is Cc1nc(-c2ccc(N3CCCN(c4ccnc5sc(C(N)=O)c(N)c45)CC3)cc2)cn1C. The molecule has 1 aliphatic heterocycles. The Bertz CT molecular complexity index is 1310. The molecule has 0 spiro atoms. The molecule has 0 saturated carbocycles. The summed E-state index contributed by atoms with van der Waals surface area (Å²) in [6.45, 7) is 5.62. The number of rotatable bonds is 4. The Kier molecular flexibility index (Phi) is 5.41. The quantitative estimate of drug-likeness (QED) is 0.482. The summed E-state index contributed by atoms with van der Waals surface area (Å²) >= 11 is 1.26. The van der Waals surface area contributed by atoms with Crippen LogP contribution in [0.15, 0.2) is 42.7 Å². The fraction of sp³-hybridized carbons (Fsp3) is 0.292. The van der Waals surface area contributed by atoms with Crippen molar-refractivity contribution in [2.24, 2.45) is 12.8 Å². The molecule has 1 saturated heterocycles. The van der Waals surface area contributed by atoms with E-state index in [1.54, 1.807) is 6.20 Å². The number of benzene rings is 1. The van der Waals surface area contributed by atoms with Crippen LogP contribution in [0.4, 0.5) is 17.1 Å². The molecule has 0 unspecified atom stereocenters. The lowest BCUT2D eigenvalue weighted by Crippen LogP contribution is -2.30. The molecule has 0 aliphatic carbocycles. The normalized spacial score (nSPS) is 14.6. The van der Waals surface area contributed by atoms with Gasteiger partial charge in [-0.05, 0) is 31.5 Å². The maximum absolute atomic E-state index is 11.8. The van der Waals surface area contributed by atoms with Crippen LogP contribution in [-0.2, 0) is 7.05 Å². The standard InChI is InChI=1S/C24H27N7OS/c1-15-28-18(14-29(15)2)16-4-6-17(7-5-16)30-10-3-11-31(13-12-30)19-8-9-27-24-20(19)21(25)22(33-24)23(26)32/h4-9,14H,3,10-13,25H2,1-2H3,(H2,26,32). The maximum Gasteiger partial charge on any atom is 0.260 e. The summed E-state index contributed by atoms with van der Waals surface area (Å²) in [7, 11) is 2.01. The number of fused-ring (bicyclic) bond motifs is 1. The van der Waals surface area contributed by atoms with Crippen LogP contribution in [-0.4, -0.2) is 46.6 Å². The molecule has 4 heterocycles. The number of anilines is 3. The van der Waals surface area contributed by atoms with E-state index in [2.05, 4.69) is 50.2 Å². The Morgan fingerprint density at radius 3 is 2.48 bits per heavy atom. The van der Waals surface area contributed by atoms with Crippen molar-refractivity contribution in [3.8, 4) is 11.3 Å². The summed E-state index contributed by atoms with van der Waals surface area (Å²) in [4.78, 5) is 26.7. The van der Waals surface area contributed by atoms with E-state index in [1.165, 1.54) is 17.0 Å². The van der Waals surface area contributed by atoms with E-state index >= 15 is 0 Å². The van der Waals surface area contributed by atoms with Gasteiger partial charge in [-0.25, -0.2) is 9.97 Å². The zero-order valence-electron chi connectivity index (χ0n) is 18.8. The van der Waals surface area contributed by atoms with Crippen molar-refractivity contribution < 1.29 is 4.79 Å².